The van der Waals surface area contributed by atoms with Gasteiger partial charge in [-0.1, -0.05) is 56.3 Å². The van der Waals surface area contributed by atoms with E-state index in [1.165, 1.54) is 12.3 Å². The summed E-state index contributed by atoms with van der Waals surface area (Å²) in [5.74, 6) is 4.85. The van der Waals surface area contributed by atoms with Crippen molar-refractivity contribution in [1.82, 2.24) is 30.7 Å². The first kappa shape index (κ1) is 46.1. The van der Waals surface area contributed by atoms with Crippen LogP contribution in [0.5, 0.6) is 0 Å². The van der Waals surface area contributed by atoms with Crippen LogP contribution in [0.3, 0.4) is 0 Å². The van der Waals surface area contributed by atoms with E-state index < -0.39 is 53.1 Å². The monoisotopic (exact) mass is 929 g/mol. The Morgan fingerprint density at radius 1 is 1.00 bits per heavy atom. The van der Waals surface area contributed by atoms with E-state index >= 15 is 4.39 Å². The van der Waals surface area contributed by atoms with Gasteiger partial charge in [-0.15, -0.1) is 0 Å². The molecule has 5 atom stereocenters. The summed E-state index contributed by atoms with van der Waals surface area (Å²) in [7, 11) is 0. The highest BCUT2D eigenvalue weighted by Gasteiger charge is 2.62. The van der Waals surface area contributed by atoms with E-state index in [2.05, 4.69) is 63.8 Å². The highest BCUT2D eigenvalue weighted by atomic mass is 35.5. The van der Waals surface area contributed by atoms with Crippen LogP contribution in [0.25, 0.3) is 0 Å². The fraction of sp³-hybridized carbons (Fsp3) is 0.540. The van der Waals surface area contributed by atoms with E-state index in [1.54, 1.807) is 23.1 Å². The van der Waals surface area contributed by atoms with Gasteiger partial charge < -0.3 is 25.8 Å². The summed E-state index contributed by atoms with van der Waals surface area (Å²) < 4.78 is 57.7. The summed E-state index contributed by atoms with van der Waals surface area (Å²) in [6.45, 7) is 9.55. The third-order valence-electron chi connectivity index (χ3n) is 14.8. The summed E-state index contributed by atoms with van der Waals surface area (Å²) in [4.78, 5) is 59.7. The zero-order chi connectivity index (χ0) is 46.7. The fourth-order valence-electron chi connectivity index (χ4n) is 11.6. The van der Waals surface area contributed by atoms with Gasteiger partial charge in [0.1, 0.15) is 17.6 Å². The molecule has 1 unspecified atom stereocenters. The van der Waals surface area contributed by atoms with Crippen molar-refractivity contribution in [3.05, 3.63) is 93.0 Å². The van der Waals surface area contributed by atoms with Crippen molar-refractivity contribution in [1.29, 1.82) is 0 Å². The standard InChI is InChI=1S/C50H56ClF4N7O4/c1-48(2,3)23-40-49(27-57-37-22-39(50(53,54)55)56-24-35(37)49)42(34-5-4-6-36(51)43(34)52)44(59-40)46(65)58-32-12-9-30(10-13-32)25-61-19-17-28(18-20-61)7-8-29-11-14-33-31(21-29)26-62(47(33)66)38-15-16-41(63)60-45(38)64/h4-6,11,14,21-22,24,28,30,32,38,40,42,44,57,59H,9-10,12-13,15-20,23,25-27H2,1-3H3,(H,58,65)(H,60,63,64)/t30?,32?,38?,40-,42-,44+,49-/m0/s1. The molecule has 1 aliphatic carbocycles. The fourth-order valence-corrected chi connectivity index (χ4v) is 11.8. The van der Waals surface area contributed by atoms with E-state index in [0.29, 0.717) is 36.4 Å². The molecule has 1 saturated carbocycles. The number of rotatable bonds is 7. The van der Waals surface area contributed by atoms with Crippen molar-refractivity contribution in [2.45, 2.75) is 127 Å². The topological polar surface area (TPSA) is 136 Å². The number of nitrogens with zero attached hydrogens (tertiary/aromatic N) is 3. The summed E-state index contributed by atoms with van der Waals surface area (Å²) in [6, 6.07) is 9.27. The van der Waals surface area contributed by atoms with Crippen LogP contribution < -0.4 is 21.3 Å². The van der Waals surface area contributed by atoms with Crippen molar-refractivity contribution in [3.8, 4) is 11.8 Å². The normalized spacial score (nSPS) is 28.1. The van der Waals surface area contributed by atoms with Gasteiger partial charge in [0, 0.05) is 84.0 Å². The van der Waals surface area contributed by atoms with Crippen LogP contribution in [0.1, 0.15) is 123 Å². The third kappa shape index (κ3) is 9.05. The number of carbonyl (C=O) groups is 4. The number of carbonyl (C=O) groups excluding carboxylic acids is 4. The Labute approximate surface area is 387 Å². The number of pyridine rings is 1. The van der Waals surface area contributed by atoms with E-state index in [0.717, 1.165) is 75.4 Å². The molecule has 1 spiro atoms. The van der Waals surface area contributed by atoms with Gasteiger partial charge in [0.2, 0.25) is 17.7 Å². The number of hydrogen-bond acceptors (Lipinski definition) is 8. The van der Waals surface area contributed by atoms with E-state index in [-0.39, 0.29) is 64.3 Å². The van der Waals surface area contributed by atoms with Gasteiger partial charge >= 0.3 is 6.18 Å². The Morgan fingerprint density at radius 2 is 1.76 bits per heavy atom. The number of anilines is 1. The quantitative estimate of drug-likeness (QED) is 0.110. The van der Waals surface area contributed by atoms with Crippen molar-refractivity contribution in [2.75, 3.05) is 31.5 Å². The number of hydrogen-bond donors (Lipinski definition) is 4. The molecule has 4 fully saturated rings. The number of imide groups is 1. The first-order valence-electron chi connectivity index (χ1n) is 23.2. The molecular weight excluding hydrogens is 874 g/mol. The van der Waals surface area contributed by atoms with Gasteiger partial charge in [-0.25, -0.2) is 4.39 Å². The molecule has 66 heavy (non-hydrogen) atoms. The molecule has 2 aromatic carbocycles. The zero-order valence-electron chi connectivity index (χ0n) is 37.4. The molecule has 1 aromatic heterocycles. The Hall–Kier alpha value is -5.04. The van der Waals surface area contributed by atoms with Gasteiger partial charge in [-0.3, -0.25) is 29.5 Å². The third-order valence-corrected chi connectivity index (χ3v) is 15.1. The summed E-state index contributed by atoms with van der Waals surface area (Å²) >= 11 is 6.38. The largest absolute Gasteiger partial charge is 0.433 e. The lowest BCUT2D eigenvalue weighted by molar-refractivity contribution is -0.141. The second kappa shape index (κ2) is 17.9. The van der Waals surface area contributed by atoms with E-state index in [9.17, 15) is 32.3 Å². The average Bonchev–Trinajstić information content (AvgIpc) is 3.92. The van der Waals surface area contributed by atoms with Gasteiger partial charge in [0.05, 0.1) is 11.1 Å². The number of alkyl halides is 3. The maximum atomic E-state index is 16.2. The summed E-state index contributed by atoms with van der Waals surface area (Å²) in [6.07, 6.45) is 3.07. The molecule has 0 radical (unpaired) electrons. The molecule has 3 saturated heterocycles. The molecule has 5 aliphatic heterocycles. The van der Waals surface area contributed by atoms with Gasteiger partial charge in [-0.05, 0) is 117 Å². The first-order valence-corrected chi connectivity index (χ1v) is 23.6. The van der Waals surface area contributed by atoms with Gasteiger partial charge in [-0.2, -0.15) is 13.2 Å². The Balaban J connectivity index is 0.814. The number of piperidine rings is 2. The van der Waals surface area contributed by atoms with Crippen LogP contribution in [-0.2, 0) is 32.5 Å². The van der Waals surface area contributed by atoms with Crippen LogP contribution in [0, 0.1) is 34.9 Å². The SMILES string of the molecule is CC(C)(C)C[C@@H]1N[C@@H](C(=O)NC2CCC(CN3CCC(C#Cc4ccc5c(c4)CN(C4CCC(=O)NC4=O)C5=O)CC3)CC2)[C@H](c2cccc(Cl)c2F)[C@]12CNc1cc(C(F)(F)F)ncc12. The van der Waals surface area contributed by atoms with Gasteiger partial charge in [0.15, 0.2) is 0 Å². The maximum absolute atomic E-state index is 16.2. The number of benzene rings is 2. The van der Waals surface area contributed by atoms with Crippen LogP contribution in [0.2, 0.25) is 5.02 Å². The lowest BCUT2D eigenvalue weighted by atomic mass is 9.63. The molecule has 9 rings (SSSR count). The minimum atomic E-state index is -4.65. The molecule has 16 heteroatoms. The van der Waals surface area contributed by atoms with Crippen LogP contribution in [0.15, 0.2) is 48.7 Å². The van der Waals surface area contributed by atoms with Crippen LogP contribution in [0.4, 0.5) is 23.2 Å². The Kier molecular flexibility index (Phi) is 12.5. The lowest BCUT2D eigenvalue weighted by Crippen LogP contribution is -2.52. The Morgan fingerprint density at radius 3 is 2.47 bits per heavy atom. The molecule has 3 aromatic rings. The highest BCUT2D eigenvalue weighted by molar-refractivity contribution is 6.30. The molecule has 6 heterocycles. The second-order valence-electron chi connectivity index (χ2n) is 20.4. The van der Waals surface area contributed by atoms with Crippen molar-refractivity contribution >= 4 is 40.9 Å². The highest BCUT2D eigenvalue weighted by Crippen LogP contribution is 2.56. The van der Waals surface area contributed by atoms with Gasteiger partial charge in [0.25, 0.3) is 5.91 Å². The maximum Gasteiger partial charge on any atom is 0.433 e. The molecule has 6 aliphatic rings. The number of aromatic nitrogens is 1. The molecule has 4 amide bonds. The predicted molar refractivity (Wildman–Crippen MR) is 241 cm³/mol. The molecule has 4 N–H and O–H groups in total. The number of halogens is 5. The van der Waals surface area contributed by atoms with Crippen molar-refractivity contribution < 1.29 is 36.7 Å². The number of amides is 4. The second-order valence-corrected chi connectivity index (χ2v) is 20.8. The number of fused-ring (bicyclic) bond motifs is 3. The molecule has 0 bridgehead atoms. The predicted octanol–water partition coefficient (Wildman–Crippen LogP) is 7.32. The summed E-state index contributed by atoms with van der Waals surface area (Å²) in [5.41, 5.74) is 0.981. The smallest absolute Gasteiger partial charge is 0.384 e. The number of nitrogens with one attached hydrogen (secondary N) is 4. The molecular formula is C50H56ClF4N7O4. The lowest BCUT2D eigenvalue weighted by Gasteiger charge is -2.39. The van der Waals surface area contributed by atoms with Crippen LogP contribution >= 0.6 is 11.6 Å². The minimum Gasteiger partial charge on any atom is -0.384 e. The van der Waals surface area contributed by atoms with E-state index in [1.807, 2.05) is 12.1 Å². The minimum absolute atomic E-state index is 0.0816. The molecule has 350 valence electrons. The Bertz CT molecular complexity index is 2490. The van der Waals surface area contributed by atoms with E-state index in [4.69, 9.17) is 11.6 Å². The number of likely N-dealkylation sites (tertiary alicyclic amines) is 1. The van der Waals surface area contributed by atoms with Crippen molar-refractivity contribution in [2.24, 2.45) is 17.3 Å². The average molecular weight is 930 g/mol. The first-order chi connectivity index (χ1) is 31.4. The summed E-state index contributed by atoms with van der Waals surface area (Å²) in [5, 5.41) is 12.4. The van der Waals surface area contributed by atoms with Crippen LogP contribution in [-0.4, -0.2) is 88.8 Å². The van der Waals surface area contributed by atoms with Crippen molar-refractivity contribution in [3.63, 3.8) is 0 Å². The molecule has 11 nitrogen and oxygen atoms in total. The zero-order valence-corrected chi connectivity index (χ0v) is 38.2.